The number of ether oxygens (including phenoxy) is 3. The molecule has 0 saturated carbocycles. The van der Waals surface area contributed by atoms with E-state index < -0.39 is 12.2 Å². The van der Waals surface area contributed by atoms with Crippen molar-refractivity contribution in [1.82, 2.24) is 14.5 Å². The van der Waals surface area contributed by atoms with E-state index in [0.717, 1.165) is 22.9 Å². The third-order valence-corrected chi connectivity index (χ3v) is 7.27. The Balaban J connectivity index is 1.43. The number of carbonyl (C=O) groups excluding carboxylic acids is 3. The number of amides is 2. The number of aryl methyl sites for hydroxylation is 1. The summed E-state index contributed by atoms with van der Waals surface area (Å²) in [4.78, 5) is 43.4. The second-order valence-corrected chi connectivity index (χ2v) is 9.57. The highest BCUT2D eigenvalue weighted by molar-refractivity contribution is 7.21. The minimum atomic E-state index is -1.17. The van der Waals surface area contributed by atoms with Crippen molar-refractivity contribution in [3.63, 3.8) is 0 Å². The standard InChI is InChI=1S/C25H24N4O6S/c1-14-10-15-11-17(5-6-19(15)29(14)25(32)35-24(26)31)34-20-7-8-27-18-12-21(36-22(18)20)23(30)28-9-3-4-16(28)13-33-2/h5-8,10-12,16H,3-4,9,13H2,1-2H3,(H2,26,31). The smallest absolute Gasteiger partial charge is 0.427 e. The molecular weight excluding hydrogens is 484 g/mol. The number of hydrogen-bond donors (Lipinski definition) is 1. The van der Waals surface area contributed by atoms with Crippen LogP contribution in [0.1, 0.15) is 28.2 Å². The summed E-state index contributed by atoms with van der Waals surface area (Å²) in [5.74, 6) is 1.09. The normalized spacial score (nSPS) is 15.5. The molecule has 1 fully saturated rings. The molecule has 4 aromatic rings. The van der Waals surface area contributed by atoms with Crippen LogP contribution in [0.3, 0.4) is 0 Å². The monoisotopic (exact) mass is 508 g/mol. The maximum atomic E-state index is 13.2. The minimum Gasteiger partial charge on any atom is -0.456 e. The van der Waals surface area contributed by atoms with Gasteiger partial charge in [-0.2, -0.15) is 0 Å². The summed E-state index contributed by atoms with van der Waals surface area (Å²) in [5.41, 5.74) is 6.78. The van der Waals surface area contributed by atoms with E-state index in [9.17, 15) is 14.4 Å². The average molecular weight is 509 g/mol. The van der Waals surface area contributed by atoms with E-state index >= 15 is 0 Å². The molecule has 0 radical (unpaired) electrons. The molecule has 4 heterocycles. The molecule has 0 aliphatic carbocycles. The van der Waals surface area contributed by atoms with Crippen LogP contribution in [0.5, 0.6) is 11.5 Å². The van der Waals surface area contributed by atoms with Crippen LogP contribution in [-0.2, 0) is 9.47 Å². The first-order valence-electron chi connectivity index (χ1n) is 11.4. The Morgan fingerprint density at radius 2 is 2.03 bits per heavy atom. The third-order valence-electron chi connectivity index (χ3n) is 6.14. The first kappa shape index (κ1) is 23.8. The van der Waals surface area contributed by atoms with E-state index in [1.165, 1.54) is 15.9 Å². The fourth-order valence-corrected chi connectivity index (χ4v) is 5.63. The van der Waals surface area contributed by atoms with Crippen molar-refractivity contribution < 1.29 is 28.6 Å². The van der Waals surface area contributed by atoms with Gasteiger partial charge in [-0.1, -0.05) is 0 Å². The number of carbonyl (C=O) groups is 3. The highest BCUT2D eigenvalue weighted by Crippen LogP contribution is 2.37. The highest BCUT2D eigenvalue weighted by atomic mass is 32.1. The van der Waals surface area contributed by atoms with Gasteiger partial charge in [0.2, 0.25) is 0 Å². The Kier molecular flexibility index (Phi) is 6.33. The first-order valence-corrected chi connectivity index (χ1v) is 12.2. The minimum absolute atomic E-state index is 0.0235. The molecule has 5 rings (SSSR count). The summed E-state index contributed by atoms with van der Waals surface area (Å²) in [6, 6.07) is 10.6. The number of methoxy groups -OCH3 is 1. The lowest BCUT2D eigenvalue weighted by molar-refractivity contribution is 0.0635. The van der Waals surface area contributed by atoms with Gasteiger partial charge in [0.15, 0.2) is 0 Å². The zero-order valence-electron chi connectivity index (χ0n) is 19.7. The van der Waals surface area contributed by atoms with Crippen LogP contribution in [0.25, 0.3) is 21.1 Å². The van der Waals surface area contributed by atoms with Crippen LogP contribution in [0.4, 0.5) is 9.59 Å². The molecule has 1 aliphatic rings. The van der Waals surface area contributed by atoms with Gasteiger partial charge >= 0.3 is 12.2 Å². The summed E-state index contributed by atoms with van der Waals surface area (Å²) in [6.45, 7) is 2.95. The molecule has 186 valence electrons. The van der Waals surface area contributed by atoms with Crippen molar-refractivity contribution >= 4 is 50.5 Å². The van der Waals surface area contributed by atoms with Crippen molar-refractivity contribution in [2.24, 2.45) is 5.73 Å². The van der Waals surface area contributed by atoms with Crippen LogP contribution in [-0.4, -0.2) is 58.8 Å². The van der Waals surface area contributed by atoms with Crippen LogP contribution in [0, 0.1) is 6.92 Å². The molecular formula is C25H24N4O6S. The number of pyridine rings is 1. The zero-order chi connectivity index (χ0) is 25.4. The summed E-state index contributed by atoms with van der Waals surface area (Å²) >= 11 is 1.35. The number of fused-ring (bicyclic) bond motifs is 2. The lowest BCUT2D eigenvalue weighted by atomic mass is 10.2. The average Bonchev–Trinajstić information content (AvgIpc) is 3.54. The predicted molar refractivity (Wildman–Crippen MR) is 134 cm³/mol. The quantitative estimate of drug-likeness (QED) is 0.388. The summed E-state index contributed by atoms with van der Waals surface area (Å²) in [5, 5.41) is 0.719. The van der Waals surface area contributed by atoms with Crippen LogP contribution >= 0.6 is 11.3 Å². The summed E-state index contributed by atoms with van der Waals surface area (Å²) in [6.07, 6.45) is 1.49. The van der Waals surface area contributed by atoms with Crippen molar-refractivity contribution in [3.8, 4) is 11.5 Å². The number of nitrogens with two attached hydrogens (primary N) is 1. The summed E-state index contributed by atoms with van der Waals surface area (Å²) < 4.78 is 18.0. The Morgan fingerprint density at radius 3 is 2.81 bits per heavy atom. The molecule has 10 nitrogen and oxygen atoms in total. The maximum absolute atomic E-state index is 13.2. The van der Waals surface area contributed by atoms with E-state index in [0.29, 0.717) is 46.3 Å². The van der Waals surface area contributed by atoms with Crippen molar-refractivity contribution in [3.05, 3.63) is 53.2 Å². The molecule has 1 atom stereocenters. The van der Waals surface area contributed by atoms with Crippen LogP contribution < -0.4 is 10.5 Å². The second kappa shape index (κ2) is 9.59. The van der Waals surface area contributed by atoms with E-state index in [2.05, 4.69) is 9.72 Å². The second-order valence-electron chi connectivity index (χ2n) is 8.51. The number of primary amides is 1. The molecule has 11 heteroatoms. The molecule has 36 heavy (non-hydrogen) atoms. The SMILES string of the molecule is COCC1CCCN1C(=O)c1cc2nccc(Oc3ccc4c(c3)cc(C)n4C(=O)OC(N)=O)c2s1. The number of likely N-dealkylation sites (tertiary alicyclic amines) is 1. The Labute approximate surface area is 210 Å². The van der Waals surface area contributed by atoms with E-state index in [1.807, 2.05) is 4.90 Å². The number of hydrogen-bond acceptors (Lipinski definition) is 8. The fraction of sp³-hybridized carbons (Fsp3) is 0.280. The molecule has 1 aromatic carbocycles. The van der Waals surface area contributed by atoms with E-state index in [4.69, 9.17) is 15.2 Å². The van der Waals surface area contributed by atoms with Crippen molar-refractivity contribution in [1.29, 1.82) is 0 Å². The van der Waals surface area contributed by atoms with Gasteiger partial charge in [0.05, 0.1) is 33.3 Å². The van der Waals surface area contributed by atoms with Crippen molar-refractivity contribution in [2.45, 2.75) is 25.8 Å². The van der Waals surface area contributed by atoms with Gasteiger partial charge in [-0.3, -0.25) is 9.78 Å². The molecule has 1 saturated heterocycles. The lowest BCUT2D eigenvalue weighted by Gasteiger charge is -2.23. The maximum Gasteiger partial charge on any atom is 0.427 e. The zero-order valence-corrected chi connectivity index (χ0v) is 20.5. The largest absolute Gasteiger partial charge is 0.456 e. The molecule has 0 bridgehead atoms. The third kappa shape index (κ3) is 4.38. The molecule has 0 spiro atoms. The van der Waals surface area contributed by atoms with Gasteiger partial charge in [0.1, 0.15) is 11.5 Å². The van der Waals surface area contributed by atoms with Gasteiger partial charge in [-0.05, 0) is 50.1 Å². The van der Waals surface area contributed by atoms with E-state index in [-0.39, 0.29) is 11.9 Å². The highest BCUT2D eigenvalue weighted by Gasteiger charge is 2.30. The Morgan fingerprint density at radius 1 is 1.19 bits per heavy atom. The van der Waals surface area contributed by atoms with Gasteiger partial charge in [-0.15, -0.1) is 11.3 Å². The molecule has 3 aromatic heterocycles. The number of rotatable bonds is 5. The number of nitrogens with zero attached hydrogens (tertiary/aromatic N) is 3. The number of benzene rings is 1. The Hall–Kier alpha value is -3.96. The molecule has 2 N–H and O–H groups in total. The van der Waals surface area contributed by atoms with Gasteiger partial charge in [0.25, 0.3) is 5.91 Å². The van der Waals surface area contributed by atoms with E-state index in [1.54, 1.807) is 56.6 Å². The number of aromatic nitrogens is 2. The van der Waals surface area contributed by atoms with Crippen LogP contribution in [0.15, 0.2) is 42.6 Å². The predicted octanol–water partition coefficient (Wildman–Crippen LogP) is 4.67. The molecule has 2 amide bonds. The molecule has 1 unspecified atom stereocenters. The van der Waals surface area contributed by atoms with Crippen LogP contribution in [0.2, 0.25) is 0 Å². The fourth-order valence-electron chi connectivity index (χ4n) is 4.61. The van der Waals surface area contributed by atoms with Gasteiger partial charge < -0.3 is 24.8 Å². The number of thiophene rings is 1. The first-order chi connectivity index (χ1) is 17.4. The van der Waals surface area contributed by atoms with Crippen molar-refractivity contribution in [2.75, 3.05) is 20.3 Å². The topological polar surface area (TPSA) is 126 Å². The van der Waals surface area contributed by atoms with Gasteiger partial charge in [-0.25, -0.2) is 14.2 Å². The van der Waals surface area contributed by atoms with Gasteiger partial charge in [0, 0.05) is 37.0 Å². The Bertz CT molecular complexity index is 1490. The lowest BCUT2D eigenvalue weighted by Crippen LogP contribution is -2.37. The summed E-state index contributed by atoms with van der Waals surface area (Å²) in [7, 11) is 1.65. The molecule has 1 aliphatic heterocycles.